The van der Waals surface area contributed by atoms with Crippen molar-refractivity contribution >= 4 is 29.0 Å². The molecule has 2 aromatic rings. The summed E-state index contributed by atoms with van der Waals surface area (Å²) in [7, 11) is 0. The smallest absolute Gasteiger partial charge is 0.322 e. The number of nitrogens with one attached hydrogen (secondary N) is 2. The van der Waals surface area contributed by atoms with Gasteiger partial charge in [0.05, 0.1) is 35.0 Å². The van der Waals surface area contributed by atoms with Crippen LogP contribution in [0.2, 0.25) is 5.02 Å². The van der Waals surface area contributed by atoms with Gasteiger partial charge in [-0.25, -0.2) is 22.9 Å². The summed E-state index contributed by atoms with van der Waals surface area (Å²) in [5, 5.41) is 7.29. The fourth-order valence-electron chi connectivity index (χ4n) is 5.19. The van der Waals surface area contributed by atoms with Crippen molar-refractivity contribution in [1.82, 2.24) is 15.3 Å². The number of rotatable bonds is 5. The number of hydrazone groups is 1. The normalized spacial score (nSPS) is 25.0. The molecule has 3 aliphatic heterocycles. The van der Waals surface area contributed by atoms with Gasteiger partial charge in [0.25, 0.3) is 5.92 Å². The lowest BCUT2D eigenvalue weighted by atomic mass is 9.93. The molecule has 1 aromatic heterocycles. The van der Waals surface area contributed by atoms with Crippen LogP contribution in [0.4, 0.5) is 23.7 Å². The molecule has 11 heteroatoms. The third-order valence-electron chi connectivity index (χ3n) is 7.24. The number of piperidine rings is 1. The molecule has 2 saturated heterocycles. The minimum atomic E-state index is -2.66. The van der Waals surface area contributed by atoms with Gasteiger partial charge in [0.2, 0.25) is 5.88 Å². The largest absolute Gasteiger partial charge is 0.477 e. The average Bonchev–Trinajstić information content (AvgIpc) is 3.35. The molecule has 1 aliphatic carbocycles. The van der Waals surface area contributed by atoms with Crippen molar-refractivity contribution in [2.45, 2.75) is 43.7 Å². The number of alkyl halides is 2. The molecule has 192 valence electrons. The molecule has 2 amide bonds. The molecular weight excluding hydrogens is 507 g/mol. The van der Waals surface area contributed by atoms with Crippen LogP contribution in [-0.2, 0) is 0 Å². The maximum absolute atomic E-state index is 15.1. The number of urea groups is 1. The number of nitrogens with zero attached hydrogens (tertiary/aromatic N) is 3. The summed E-state index contributed by atoms with van der Waals surface area (Å²) in [4.78, 5) is 19.0. The van der Waals surface area contributed by atoms with Crippen LogP contribution >= 0.6 is 11.6 Å². The van der Waals surface area contributed by atoms with E-state index in [4.69, 9.17) is 16.3 Å². The predicted molar refractivity (Wildman–Crippen MR) is 133 cm³/mol. The molecular formula is C26H23ClF3N5O2. The Kier molecular flexibility index (Phi) is 5.67. The van der Waals surface area contributed by atoms with Gasteiger partial charge in [-0.05, 0) is 49.1 Å². The average molecular weight is 530 g/mol. The van der Waals surface area contributed by atoms with Crippen molar-refractivity contribution in [2.75, 3.05) is 11.9 Å². The highest BCUT2D eigenvalue weighted by Gasteiger charge is 2.57. The zero-order valence-electron chi connectivity index (χ0n) is 19.6. The number of aromatic nitrogens is 1. The van der Waals surface area contributed by atoms with E-state index in [0.717, 1.165) is 24.1 Å². The van der Waals surface area contributed by atoms with Crippen LogP contribution in [0.15, 0.2) is 59.5 Å². The first-order valence-corrected chi connectivity index (χ1v) is 12.4. The molecule has 3 atom stereocenters. The molecule has 3 fully saturated rings. The van der Waals surface area contributed by atoms with Crippen molar-refractivity contribution in [3.63, 3.8) is 0 Å². The Labute approximate surface area is 216 Å². The van der Waals surface area contributed by atoms with E-state index in [0.29, 0.717) is 23.2 Å². The van der Waals surface area contributed by atoms with Crippen molar-refractivity contribution in [3.8, 4) is 17.0 Å². The molecule has 3 unspecified atom stereocenters. The molecule has 6 rings (SSSR count). The van der Waals surface area contributed by atoms with Gasteiger partial charge in [-0.1, -0.05) is 18.2 Å². The molecule has 0 radical (unpaired) electrons. The van der Waals surface area contributed by atoms with Crippen LogP contribution in [0.1, 0.15) is 25.7 Å². The topological polar surface area (TPSA) is 78.9 Å². The number of pyridine rings is 1. The van der Waals surface area contributed by atoms with Gasteiger partial charge >= 0.3 is 6.03 Å². The first-order chi connectivity index (χ1) is 17.7. The number of carbonyl (C=O) groups is 1. The van der Waals surface area contributed by atoms with Gasteiger partial charge in [0.15, 0.2) is 0 Å². The summed E-state index contributed by atoms with van der Waals surface area (Å²) >= 11 is 6.44. The predicted octanol–water partition coefficient (Wildman–Crippen LogP) is 5.74. The van der Waals surface area contributed by atoms with Gasteiger partial charge in [-0.2, -0.15) is 5.10 Å². The minimum Gasteiger partial charge on any atom is -0.477 e. The summed E-state index contributed by atoms with van der Waals surface area (Å²) in [5.41, 5.74) is 6.34. The van der Waals surface area contributed by atoms with E-state index >= 15 is 4.39 Å². The van der Waals surface area contributed by atoms with Crippen molar-refractivity contribution in [2.24, 2.45) is 11.0 Å². The van der Waals surface area contributed by atoms with Crippen molar-refractivity contribution in [1.29, 1.82) is 0 Å². The van der Waals surface area contributed by atoms with Crippen LogP contribution in [0.3, 0.4) is 0 Å². The van der Waals surface area contributed by atoms with E-state index in [1.54, 1.807) is 11.0 Å². The molecule has 7 nitrogen and oxygen atoms in total. The number of allylic oxidation sites excluding steroid dienone is 1. The molecule has 4 heterocycles. The third-order valence-corrected chi connectivity index (χ3v) is 7.55. The van der Waals surface area contributed by atoms with Gasteiger partial charge in [-0.15, -0.1) is 0 Å². The van der Waals surface area contributed by atoms with Crippen molar-refractivity contribution in [3.05, 3.63) is 65.2 Å². The van der Waals surface area contributed by atoms with Crippen LogP contribution < -0.4 is 15.5 Å². The lowest BCUT2D eigenvalue weighted by Crippen LogP contribution is -2.52. The maximum Gasteiger partial charge on any atom is 0.322 e. The maximum atomic E-state index is 15.1. The van der Waals surface area contributed by atoms with Gasteiger partial charge in [-0.3, -0.25) is 5.43 Å². The number of ether oxygens (including phenoxy) is 1. The molecule has 4 aliphatic rings. The van der Waals surface area contributed by atoms with Crippen LogP contribution in [0.25, 0.3) is 11.1 Å². The second-order valence-corrected chi connectivity index (χ2v) is 10.2. The van der Waals surface area contributed by atoms with E-state index in [1.807, 2.05) is 6.08 Å². The standard InChI is InChI=1S/C26H23ClF3N5O2/c1-13-6-15-7-17-3-4-22(24(15)34-33-13)35(17)25(36)32-21-9-19(27)18(8-20(21)28)14-2-5-23(31-11-14)37-12-16-10-26(16,29)30/h2,5-6,8-9,11,16-17,22,33H,1,3-4,7,10,12H2,(H,32,36). The number of carbonyl (C=O) groups excluding carboxylic acids is 1. The summed E-state index contributed by atoms with van der Waals surface area (Å²) in [6, 6.07) is 5.13. The lowest BCUT2D eigenvalue weighted by molar-refractivity contribution is 0.0849. The van der Waals surface area contributed by atoms with Gasteiger partial charge in [0, 0.05) is 41.5 Å². The highest BCUT2D eigenvalue weighted by molar-refractivity contribution is 6.33. The van der Waals surface area contributed by atoms with Crippen LogP contribution in [-0.4, -0.2) is 46.2 Å². The Morgan fingerprint density at radius 2 is 2.14 bits per heavy atom. The van der Waals surface area contributed by atoms with E-state index in [-0.39, 0.29) is 41.7 Å². The number of amides is 2. The van der Waals surface area contributed by atoms with Crippen LogP contribution in [0, 0.1) is 11.7 Å². The zero-order chi connectivity index (χ0) is 25.9. The number of fused-ring (bicyclic) bond motifs is 4. The molecule has 37 heavy (non-hydrogen) atoms. The summed E-state index contributed by atoms with van der Waals surface area (Å²) in [5.74, 6) is -3.90. The minimum absolute atomic E-state index is 0.00291. The Hall–Kier alpha value is -3.53. The van der Waals surface area contributed by atoms with E-state index in [1.165, 1.54) is 24.4 Å². The monoisotopic (exact) mass is 529 g/mol. The van der Waals surface area contributed by atoms with Gasteiger partial charge in [0.1, 0.15) is 5.82 Å². The molecule has 1 saturated carbocycles. The number of anilines is 1. The number of hydrogen-bond acceptors (Lipinski definition) is 5. The quantitative estimate of drug-likeness (QED) is 0.517. The van der Waals surface area contributed by atoms with Crippen molar-refractivity contribution < 1.29 is 22.7 Å². The zero-order valence-corrected chi connectivity index (χ0v) is 20.4. The van der Waals surface area contributed by atoms with Crippen LogP contribution in [0.5, 0.6) is 5.88 Å². The Morgan fingerprint density at radius 3 is 2.86 bits per heavy atom. The fourth-order valence-corrected chi connectivity index (χ4v) is 5.46. The molecule has 1 aromatic carbocycles. The lowest BCUT2D eigenvalue weighted by Gasteiger charge is -2.38. The fraction of sp³-hybridized carbons (Fsp3) is 0.346. The molecule has 2 N–H and O–H groups in total. The second-order valence-electron chi connectivity index (χ2n) is 9.76. The molecule has 0 spiro atoms. The number of benzene rings is 1. The third kappa shape index (κ3) is 4.43. The Morgan fingerprint density at radius 1 is 1.32 bits per heavy atom. The Bertz CT molecular complexity index is 1360. The SMILES string of the molecule is C=C1C=C2CC3CCC(C2=NN1)N3C(=O)Nc1cc(Cl)c(-c2ccc(OCC3CC3(F)F)nc2)cc1F. The first-order valence-electron chi connectivity index (χ1n) is 12.0. The second kappa shape index (κ2) is 8.79. The number of halogens is 4. The van der Waals surface area contributed by atoms with Gasteiger partial charge < -0.3 is 15.0 Å². The first kappa shape index (κ1) is 23.8. The highest BCUT2D eigenvalue weighted by Crippen LogP contribution is 2.48. The van der Waals surface area contributed by atoms with E-state index in [9.17, 15) is 13.6 Å². The summed E-state index contributed by atoms with van der Waals surface area (Å²) < 4.78 is 46.4. The Balaban J connectivity index is 1.15. The highest BCUT2D eigenvalue weighted by atomic mass is 35.5. The summed E-state index contributed by atoms with van der Waals surface area (Å²) in [6.07, 6.45) is 5.49. The molecule has 2 bridgehead atoms. The number of hydrogen-bond donors (Lipinski definition) is 2. The van der Waals surface area contributed by atoms with E-state index in [2.05, 4.69) is 27.4 Å². The summed E-state index contributed by atoms with van der Waals surface area (Å²) in [6.45, 7) is 3.77. The van der Waals surface area contributed by atoms with E-state index < -0.39 is 23.7 Å².